The van der Waals surface area contributed by atoms with Crippen LogP contribution in [0.15, 0.2) is 59.9 Å². The number of anilines is 1. The van der Waals surface area contributed by atoms with Gasteiger partial charge >= 0.3 is 6.18 Å². The number of nitrogens with zero attached hydrogens (tertiary/aromatic N) is 4. The lowest BCUT2D eigenvalue weighted by atomic mass is 9.98. The fourth-order valence-corrected chi connectivity index (χ4v) is 15.3. The quantitative estimate of drug-likeness (QED) is 0.125. The van der Waals surface area contributed by atoms with Crippen molar-refractivity contribution in [1.82, 2.24) is 14.2 Å². The number of methoxy groups -OCH3 is 1. The van der Waals surface area contributed by atoms with Crippen molar-refractivity contribution >= 4 is 46.6 Å². The number of hydrogen-bond donors (Lipinski definition) is 1. The van der Waals surface area contributed by atoms with Gasteiger partial charge in [0.15, 0.2) is 8.24 Å². The second-order valence-corrected chi connectivity index (χ2v) is 20.3. The van der Waals surface area contributed by atoms with Crippen molar-refractivity contribution < 1.29 is 31.4 Å². The predicted octanol–water partition coefficient (Wildman–Crippen LogP) is 8.32. The highest BCUT2D eigenvalue weighted by Crippen LogP contribution is 2.45. The van der Waals surface area contributed by atoms with Crippen molar-refractivity contribution in [2.75, 3.05) is 18.1 Å². The molecule has 0 saturated heterocycles. The van der Waals surface area contributed by atoms with E-state index >= 15 is 0 Å². The van der Waals surface area contributed by atoms with Gasteiger partial charge in [-0.15, -0.1) is 0 Å². The van der Waals surface area contributed by atoms with Crippen molar-refractivity contribution in [3.05, 3.63) is 82.4 Å². The molecule has 46 heavy (non-hydrogen) atoms. The van der Waals surface area contributed by atoms with Crippen molar-refractivity contribution in [3.63, 3.8) is 0 Å². The maximum atomic E-state index is 13.9. The van der Waals surface area contributed by atoms with Gasteiger partial charge in [-0.3, -0.25) is 4.98 Å². The Balaban J connectivity index is 1.92. The molecule has 1 N–H and O–H groups in total. The first-order valence-corrected chi connectivity index (χ1v) is 18.9. The molecule has 3 aromatic heterocycles. The average molecular weight is 697 g/mol. The Morgan fingerprint density at radius 3 is 2.24 bits per heavy atom. The first-order chi connectivity index (χ1) is 21.4. The molecule has 0 bridgehead atoms. The van der Waals surface area contributed by atoms with Gasteiger partial charge in [-0.05, 0) is 71.7 Å². The summed E-state index contributed by atoms with van der Waals surface area (Å²) in [6.07, 6.45) is -1.16. The Morgan fingerprint density at radius 1 is 1.04 bits per heavy atom. The van der Waals surface area contributed by atoms with E-state index in [0.717, 1.165) is 22.1 Å². The summed E-state index contributed by atoms with van der Waals surface area (Å²) in [7, 11) is -5.64. The van der Waals surface area contributed by atoms with Crippen LogP contribution >= 0.6 is 11.6 Å². The molecule has 4 aromatic rings. The molecule has 0 aliphatic rings. The van der Waals surface area contributed by atoms with E-state index in [2.05, 4.69) is 50.8 Å². The SMILES string of the molecule is COCN(c1cccnc1C(O)c1c(C)cnc2c1ccn2[Si](C(C)C)(C(C)C)C(C)C)S(=O)(=O)c1ccc(Cl)c(C(F)(F)F)c1. The topological polar surface area (TPSA) is 97.6 Å². The van der Waals surface area contributed by atoms with Crippen LogP contribution in [0.25, 0.3) is 11.0 Å². The minimum absolute atomic E-state index is 0.0171. The van der Waals surface area contributed by atoms with Gasteiger partial charge in [-0.2, -0.15) is 13.2 Å². The van der Waals surface area contributed by atoms with Crippen molar-refractivity contribution in [2.45, 2.75) is 82.3 Å². The number of aromatic nitrogens is 3. The Kier molecular flexibility index (Phi) is 10.3. The van der Waals surface area contributed by atoms with Gasteiger partial charge in [0.25, 0.3) is 10.0 Å². The molecule has 0 saturated carbocycles. The van der Waals surface area contributed by atoms with Crippen LogP contribution in [0.2, 0.25) is 21.6 Å². The van der Waals surface area contributed by atoms with Gasteiger partial charge in [-0.25, -0.2) is 17.7 Å². The number of halogens is 4. The molecule has 4 rings (SSSR count). The van der Waals surface area contributed by atoms with E-state index < -0.39 is 52.8 Å². The maximum Gasteiger partial charge on any atom is 0.417 e. The molecule has 8 nitrogen and oxygen atoms in total. The number of fused-ring (bicyclic) bond motifs is 1. The highest BCUT2D eigenvalue weighted by molar-refractivity contribution is 7.92. The molecule has 14 heteroatoms. The predicted molar refractivity (Wildman–Crippen MR) is 177 cm³/mol. The van der Waals surface area contributed by atoms with E-state index in [4.69, 9.17) is 21.3 Å². The second kappa shape index (κ2) is 13.3. The van der Waals surface area contributed by atoms with Crippen LogP contribution in [0.3, 0.4) is 0 Å². The number of sulfonamides is 1. The average Bonchev–Trinajstić information content (AvgIpc) is 3.38. The van der Waals surface area contributed by atoms with E-state index in [0.29, 0.717) is 39.2 Å². The van der Waals surface area contributed by atoms with Gasteiger partial charge in [-0.1, -0.05) is 53.1 Å². The smallest absolute Gasteiger partial charge is 0.382 e. The highest BCUT2D eigenvalue weighted by atomic mass is 35.5. The lowest BCUT2D eigenvalue weighted by Gasteiger charge is -2.44. The highest BCUT2D eigenvalue weighted by Gasteiger charge is 2.46. The molecule has 1 atom stereocenters. The minimum atomic E-state index is -4.88. The molecule has 0 radical (unpaired) electrons. The van der Waals surface area contributed by atoms with E-state index in [-0.39, 0.29) is 11.4 Å². The maximum absolute atomic E-state index is 13.9. The summed E-state index contributed by atoms with van der Waals surface area (Å²) in [5.41, 5.74) is 1.65. The van der Waals surface area contributed by atoms with Gasteiger partial charge in [0.2, 0.25) is 0 Å². The number of alkyl halides is 3. The Labute approximate surface area is 274 Å². The van der Waals surface area contributed by atoms with E-state index in [9.17, 15) is 26.7 Å². The molecule has 1 aromatic carbocycles. The Hall–Kier alpha value is -2.97. The Morgan fingerprint density at radius 2 is 1.67 bits per heavy atom. The van der Waals surface area contributed by atoms with Crippen LogP contribution in [0.4, 0.5) is 18.9 Å². The molecule has 0 fully saturated rings. The van der Waals surface area contributed by atoms with Gasteiger partial charge in [0, 0.05) is 30.5 Å². The van der Waals surface area contributed by atoms with Crippen molar-refractivity contribution in [1.29, 1.82) is 0 Å². The number of pyridine rings is 2. The number of aliphatic hydroxyl groups is 1. The number of hydrogen-bond acceptors (Lipinski definition) is 6. The minimum Gasteiger partial charge on any atom is -0.382 e. The van der Waals surface area contributed by atoms with Crippen LogP contribution in [0, 0.1) is 6.92 Å². The summed E-state index contributed by atoms with van der Waals surface area (Å²) in [6, 6.07) is 7.21. The van der Waals surface area contributed by atoms with Crippen LogP contribution in [-0.2, 0) is 20.9 Å². The molecule has 0 aliphatic carbocycles. The summed E-state index contributed by atoms with van der Waals surface area (Å²) in [4.78, 5) is 8.57. The number of aliphatic hydroxyl groups excluding tert-OH is 1. The lowest BCUT2D eigenvalue weighted by molar-refractivity contribution is -0.137. The molecule has 0 amide bonds. The first-order valence-electron chi connectivity index (χ1n) is 14.9. The molecular weight excluding hydrogens is 657 g/mol. The fraction of sp³-hybridized carbons (Fsp3) is 0.438. The molecule has 250 valence electrons. The summed E-state index contributed by atoms with van der Waals surface area (Å²) in [5.74, 6) is 0. The third kappa shape index (κ3) is 6.07. The Bertz CT molecular complexity index is 1810. The van der Waals surface area contributed by atoms with Gasteiger partial charge in [0.1, 0.15) is 18.5 Å². The zero-order valence-corrected chi connectivity index (χ0v) is 29.7. The number of aryl methyl sites for hydroxylation is 1. The van der Waals surface area contributed by atoms with Gasteiger partial charge < -0.3 is 14.1 Å². The van der Waals surface area contributed by atoms with Crippen molar-refractivity contribution in [2.24, 2.45) is 0 Å². The molecular formula is C32H40ClF3N4O4SSi. The second-order valence-electron chi connectivity index (χ2n) is 12.4. The van der Waals surface area contributed by atoms with Crippen LogP contribution in [-0.4, -0.2) is 49.8 Å². The number of benzene rings is 1. The lowest BCUT2D eigenvalue weighted by Crippen LogP contribution is -2.51. The summed E-state index contributed by atoms with van der Waals surface area (Å²) >= 11 is 5.77. The standard InChI is InChI=1S/C32H40ClF3N4O4SSi/c1-19(2)46(20(3)4,21(5)6)40-15-13-24-28(22(7)17-38-31(24)40)30(41)29-27(10-9-14-37-29)39(18-44-8)45(42,43)23-11-12-26(33)25(16-23)32(34,35)36/h9-17,19-21,30,41H,18H2,1-8H3. The molecule has 1 unspecified atom stereocenters. The fourth-order valence-electron chi connectivity index (χ4n) is 7.08. The van der Waals surface area contributed by atoms with Crippen LogP contribution < -0.4 is 4.31 Å². The van der Waals surface area contributed by atoms with E-state index in [1.165, 1.54) is 25.4 Å². The molecule has 0 aliphatic heterocycles. The monoisotopic (exact) mass is 696 g/mol. The van der Waals surface area contributed by atoms with Gasteiger partial charge in [0.05, 0.1) is 26.9 Å². The molecule has 0 spiro atoms. The third-order valence-electron chi connectivity index (χ3n) is 8.84. The zero-order chi connectivity index (χ0) is 34.4. The summed E-state index contributed by atoms with van der Waals surface area (Å²) in [6.45, 7) is 14.7. The normalized spacial score (nSPS) is 13.7. The molecule has 3 heterocycles. The number of rotatable bonds is 11. The summed E-state index contributed by atoms with van der Waals surface area (Å²) in [5, 5.41) is 12.1. The van der Waals surface area contributed by atoms with E-state index in [1.807, 2.05) is 12.3 Å². The zero-order valence-electron chi connectivity index (χ0n) is 27.1. The third-order valence-corrected chi connectivity index (χ3v) is 17.6. The van der Waals surface area contributed by atoms with Crippen LogP contribution in [0.1, 0.15) is 70.0 Å². The summed E-state index contributed by atoms with van der Waals surface area (Å²) < 4.78 is 77.1. The van der Waals surface area contributed by atoms with Crippen LogP contribution in [0.5, 0.6) is 0 Å². The number of ether oxygens (including phenoxy) is 1. The van der Waals surface area contributed by atoms with E-state index in [1.54, 1.807) is 13.1 Å². The van der Waals surface area contributed by atoms with Crippen molar-refractivity contribution in [3.8, 4) is 0 Å². The largest absolute Gasteiger partial charge is 0.417 e. The first kappa shape index (κ1) is 35.9.